The molecule has 1 aromatic rings. The second-order valence-corrected chi connectivity index (χ2v) is 5.43. The van der Waals surface area contributed by atoms with Crippen molar-refractivity contribution >= 4 is 0 Å². The molecule has 0 amide bonds. The van der Waals surface area contributed by atoms with Gasteiger partial charge in [0.05, 0.1) is 5.60 Å². The zero-order valence-electron chi connectivity index (χ0n) is 13.3. The van der Waals surface area contributed by atoms with Crippen LogP contribution in [0.1, 0.15) is 58.6 Å². The minimum absolute atomic E-state index is 0.252. The van der Waals surface area contributed by atoms with E-state index in [-0.39, 0.29) is 6.04 Å². The van der Waals surface area contributed by atoms with Crippen molar-refractivity contribution in [1.29, 1.82) is 0 Å². The van der Waals surface area contributed by atoms with Crippen molar-refractivity contribution < 1.29 is 9.84 Å². The standard InChI is InChI=1S/C17H29NO2/c1-5-12-18-14(4)15-10-8-9-11-16(15)20-13-17(19,6-2)7-3/h8-11,14,18-19H,5-7,12-13H2,1-4H3. The summed E-state index contributed by atoms with van der Waals surface area (Å²) in [7, 11) is 0. The van der Waals surface area contributed by atoms with Gasteiger partial charge in [-0.05, 0) is 38.8 Å². The molecule has 0 saturated carbocycles. The molecule has 0 heterocycles. The van der Waals surface area contributed by atoms with E-state index in [1.807, 2.05) is 32.0 Å². The molecule has 0 aliphatic carbocycles. The minimum atomic E-state index is -0.729. The summed E-state index contributed by atoms with van der Waals surface area (Å²) in [5.41, 5.74) is 0.420. The van der Waals surface area contributed by atoms with E-state index in [9.17, 15) is 5.11 Å². The topological polar surface area (TPSA) is 41.5 Å². The van der Waals surface area contributed by atoms with Crippen LogP contribution in [-0.2, 0) is 0 Å². The van der Waals surface area contributed by atoms with Gasteiger partial charge in [-0.3, -0.25) is 0 Å². The lowest BCUT2D eigenvalue weighted by Crippen LogP contribution is -2.34. The number of para-hydroxylation sites is 1. The lowest BCUT2D eigenvalue weighted by molar-refractivity contribution is -0.0117. The number of hydrogen-bond acceptors (Lipinski definition) is 3. The Balaban J connectivity index is 2.75. The first-order valence-corrected chi connectivity index (χ1v) is 7.73. The first kappa shape index (κ1) is 17.0. The molecule has 3 nitrogen and oxygen atoms in total. The Labute approximate surface area is 123 Å². The predicted molar refractivity (Wildman–Crippen MR) is 84.2 cm³/mol. The maximum atomic E-state index is 10.3. The second-order valence-electron chi connectivity index (χ2n) is 5.43. The first-order valence-electron chi connectivity index (χ1n) is 7.73. The van der Waals surface area contributed by atoms with Crippen LogP contribution in [0, 0.1) is 0 Å². The number of nitrogens with one attached hydrogen (secondary N) is 1. The van der Waals surface area contributed by atoms with E-state index in [0.29, 0.717) is 19.4 Å². The Kier molecular flexibility index (Phi) is 7.03. The summed E-state index contributed by atoms with van der Waals surface area (Å²) in [6.07, 6.45) is 2.52. The molecule has 2 N–H and O–H groups in total. The largest absolute Gasteiger partial charge is 0.490 e. The van der Waals surface area contributed by atoms with Gasteiger partial charge in [0.1, 0.15) is 12.4 Å². The molecular weight excluding hydrogens is 250 g/mol. The second kappa shape index (κ2) is 8.28. The molecule has 0 saturated heterocycles. The van der Waals surface area contributed by atoms with E-state index in [4.69, 9.17) is 4.74 Å². The van der Waals surface area contributed by atoms with Crippen molar-refractivity contribution in [3.05, 3.63) is 29.8 Å². The van der Waals surface area contributed by atoms with Crippen molar-refractivity contribution in [2.24, 2.45) is 0 Å². The fraction of sp³-hybridized carbons (Fsp3) is 0.647. The van der Waals surface area contributed by atoms with Gasteiger partial charge < -0.3 is 15.2 Å². The zero-order chi connectivity index (χ0) is 15.0. The third-order valence-corrected chi connectivity index (χ3v) is 3.90. The molecule has 20 heavy (non-hydrogen) atoms. The van der Waals surface area contributed by atoms with Gasteiger partial charge >= 0.3 is 0 Å². The van der Waals surface area contributed by atoms with Gasteiger partial charge in [-0.25, -0.2) is 0 Å². The van der Waals surface area contributed by atoms with Crippen molar-refractivity contribution in [1.82, 2.24) is 5.32 Å². The van der Waals surface area contributed by atoms with E-state index in [0.717, 1.165) is 24.3 Å². The number of hydrogen-bond donors (Lipinski definition) is 2. The van der Waals surface area contributed by atoms with E-state index < -0.39 is 5.60 Å². The van der Waals surface area contributed by atoms with Crippen LogP contribution in [0.3, 0.4) is 0 Å². The molecule has 0 aliphatic heterocycles. The van der Waals surface area contributed by atoms with Gasteiger partial charge in [0, 0.05) is 11.6 Å². The fourth-order valence-corrected chi connectivity index (χ4v) is 2.11. The molecule has 3 heteroatoms. The summed E-state index contributed by atoms with van der Waals surface area (Å²) in [5, 5.41) is 13.8. The SMILES string of the molecule is CCCNC(C)c1ccccc1OCC(O)(CC)CC. The average Bonchev–Trinajstić information content (AvgIpc) is 2.50. The summed E-state index contributed by atoms with van der Waals surface area (Å²) >= 11 is 0. The molecule has 0 spiro atoms. The van der Waals surface area contributed by atoms with Crippen LogP contribution in [0.5, 0.6) is 5.75 Å². The van der Waals surface area contributed by atoms with Crippen LogP contribution >= 0.6 is 0 Å². The fourth-order valence-electron chi connectivity index (χ4n) is 2.11. The van der Waals surface area contributed by atoms with Crippen LogP contribution in [0.2, 0.25) is 0 Å². The monoisotopic (exact) mass is 279 g/mol. The molecule has 0 radical (unpaired) electrons. The zero-order valence-corrected chi connectivity index (χ0v) is 13.3. The van der Waals surface area contributed by atoms with E-state index in [1.54, 1.807) is 0 Å². The molecule has 0 aromatic heterocycles. The molecular formula is C17H29NO2. The number of ether oxygens (including phenoxy) is 1. The quantitative estimate of drug-likeness (QED) is 0.724. The van der Waals surface area contributed by atoms with Gasteiger partial charge in [0.25, 0.3) is 0 Å². The Morgan fingerprint density at radius 1 is 1.20 bits per heavy atom. The van der Waals surface area contributed by atoms with Gasteiger partial charge in [0.2, 0.25) is 0 Å². The molecule has 1 atom stereocenters. The van der Waals surface area contributed by atoms with Crippen molar-refractivity contribution in [2.75, 3.05) is 13.2 Å². The van der Waals surface area contributed by atoms with Crippen LogP contribution in [0.4, 0.5) is 0 Å². The normalized spacial score (nSPS) is 13.2. The number of benzene rings is 1. The van der Waals surface area contributed by atoms with Gasteiger partial charge in [-0.15, -0.1) is 0 Å². The maximum Gasteiger partial charge on any atom is 0.124 e. The maximum absolute atomic E-state index is 10.3. The molecule has 114 valence electrons. The highest BCUT2D eigenvalue weighted by molar-refractivity contribution is 5.35. The highest BCUT2D eigenvalue weighted by atomic mass is 16.5. The van der Waals surface area contributed by atoms with E-state index in [2.05, 4.69) is 25.2 Å². The third-order valence-electron chi connectivity index (χ3n) is 3.90. The smallest absolute Gasteiger partial charge is 0.124 e. The predicted octanol–water partition coefficient (Wildman–Crippen LogP) is 3.68. The first-order chi connectivity index (χ1) is 9.56. The van der Waals surface area contributed by atoms with Crippen LogP contribution < -0.4 is 10.1 Å². The Bertz CT molecular complexity index is 388. The molecule has 1 unspecified atom stereocenters. The molecule has 0 fully saturated rings. The lowest BCUT2D eigenvalue weighted by Gasteiger charge is -2.26. The Hall–Kier alpha value is -1.06. The third kappa shape index (κ3) is 4.80. The highest BCUT2D eigenvalue weighted by Gasteiger charge is 2.23. The summed E-state index contributed by atoms with van der Waals surface area (Å²) in [5.74, 6) is 0.865. The summed E-state index contributed by atoms with van der Waals surface area (Å²) in [6.45, 7) is 9.61. The van der Waals surface area contributed by atoms with Crippen LogP contribution in [-0.4, -0.2) is 23.9 Å². The van der Waals surface area contributed by atoms with E-state index >= 15 is 0 Å². The minimum Gasteiger partial charge on any atom is -0.490 e. The Morgan fingerprint density at radius 2 is 1.85 bits per heavy atom. The van der Waals surface area contributed by atoms with E-state index in [1.165, 1.54) is 0 Å². The summed E-state index contributed by atoms with van der Waals surface area (Å²) < 4.78 is 5.90. The van der Waals surface area contributed by atoms with Crippen molar-refractivity contribution in [2.45, 2.75) is 58.6 Å². The van der Waals surface area contributed by atoms with Crippen molar-refractivity contribution in [3.63, 3.8) is 0 Å². The van der Waals surface area contributed by atoms with Crippen molar-refractivity contribution in [3.8, 4) is 5.75 Å². The van der Waals surface area contributed by atoms with Gasteiger partial charge in [-0.2, -0.15) is 0 Å². The average molecular weight is 279 g/mol. The summed E-state index contributed by atoms with van der Waals surface area (Å²) in [4.78, 5) is 0. The van der Waals surface area contributed by atoms with Gasteiger partial charge in [0.15, 0.2) is 0 Å². The van der Waals surface area contributed by atoms with Crippen LogP contribution in [0.15, 0.2) is 24.3 Å². The van der Waals surface area contributed by atoms with Gasteiger partial charge in [-0.1, -0.05) is 39.0 Å². The van der Waals surface area contributed by atoms with Crippen LogP contribution in [0.25, 0.3) is 0 Å². The molecule has 1 aromatic carbocycles. The Morgan fingerprint density at radius 3 is 2.45 bits per heavy atom. The molecule has 1 rings (SSSR count). The molecule has 0 aliphatic rings. The number of aliphatic hydroxyl groups is 1. The highest BCUT2D eigenvalue weighted by Crippen LogP contribution is 2.26. The molecule has 0 bridgehead atoms. The summed E-state index contributed by atoms with van der Waals surface area (Å²) in [6, 6.07) is 8.31. The lowest BCUT2D eigenvalue weighted by atomic mass is 9.99. The number of rotatable bonds is 9.